The van der Waals surface area contributed by atoms with Crippen LogP contribution >= 0.6 is 0 Å². The van der Waals surface area contributed by atoms with Crippen LogP contribution in [-0.2, 0) is 9.53 Å². The Morgan fingerprint density at radius 2 is 1.79 bits per heavy atom. The number of carbonyl (C=O) groups excluding carboxylic acids is 2. The minimum absolute atomic E-state index is 0.0716. The van der Waals surface area contributed by atoms with Crippen molar-refractivity contribution < 1.29 is 23.8 Å². The van der Waals surface area contributed by atoms with E-state index in [1.807, 2.05) is 12.1 Å². The van der Waals surface area contributed by atoms with Crippen LogP contribution in [0.5, 0.6) is 11.5 Å². The maximum atomic E-state index is 12.6. The first-order valence-corrected chi connectivity index (χ1v) is 9.16. The SMILES string of the molecule is COc1ccccc1O[C@H](C)C(=O)Nc1cccc(C(=O)N2CCOCC2)c1. The fourth-order valence-corrected chi connectivity index (χ4v) is 2.88. The van der Waals surface area contributed by atoms with Crippen LogP contribution in [-0.4, -0.2) is 56.2 Å². The summed E-state index contributed by atoms with van der Waals surface area (Å²) in [6, 6.07) is 14.0. The van der Waals surface area contributed by atoms with E-state index in [1.54, 1.807) is 55.3 Å². The summed E-state index contributed by atoms with van der Waals surface area (Å²) in [5, 5.41) is 2.80. The van der Waals surface area contributed by atoms with Gasteiger partial charge in [0.1, 0.15) is 0 Å². The van der Waals surface area contributed by atoms with Gasteiger partial charge in [0.15, 0.2) is 17.6 Å². The molecule has 0 radical (unpaired) electrons. The van der Waals surface area contributed by atoms with Crippen molar-refractivity contribution in [1.29, 1.82) is 0 Å². The zero-order valence-electron chi connectivity index (χ0n) is 16.0. The van der Waals surface area contributed by atoms with Crippen LogP contribution in [0.25, 0.3) is 0 Å². The largest absolute Gasteiger partial charge is 0.493 e. The summed E-state index contributed by atoms with van der Waals surface area (Å²) in [7, 11) is 1.55. The molecule has 2 amide bonds. The van der Waals surface area contributed by atoms with Gasteiger partial charge in [-0.15, -0.1) is 0 Å². The van der Waals surface area contributed by atoms with Gasteiger partial charge >= 0.3 is 0 Å². The molecule has 0 aromatic heterocycles. The predicted octanol–water partition coefficient (Wildman–Crippen LogP) is 2.57. The number of nitrogens with zero attached hydrogens (tertiary/aromatic N) is 1. The molecule has 148 valence electrons. The van der Waals surface area contributed by atoms with Gasteiger partial charge in [0.25, 0.3) is 11.8 Å². The Kier molecular flexibility index (Phi) is 6.49. The molecule has 0 bridgehead atoms. The Morgan fingerprint density at radius 1 is 1.07 bits per heavy atom. The van der Waals surface area contributed by atoms with Gasteiger partial charge in [-0.3, -0.25) is 9.59 Å². The van der Waals surface area contributed by atoms with E-state index >= 15 is 0 Å². The molecule has 2 aromatic carbocycles. The minimum atomic E-state index is -0.741. The first-order chi connectivity index (χ1) is 13.6. The second-order valence-corrected chi connectivity index (χ2v) is 6.39. The highest BCUT2D eigenvalue weighted by Crippen LogP contribution is 2.27. The zero-order chi connectivity index (χ0) is 19.9. The van der Waals surface area contributed by atoms with Gasteiger partial charge in [-0.2, -0.15) is 0 Å². The molecule has 1 heterocycles. The lowest BCUT2D eigenvalue weighted by molar-refractivity contribution is -0.122. The van der Waals surface area contributed by atoms with Crippen molar-refractivity contribution in [2.45, 2.75) is 13.0 Å². The molecular weight excluding hydrogens is 360 g/mol. The highest BCUT2D eigenvalue weighted by atomic mass is 16.5. The number of anilines is 1. The third-order valence-corrected chi connectivity index (χ3v) is 4.42. The van der Waals surface area contributed by atoms with Crippen molar-refractivity contribution in [1.82, 2.24) is 4.90 Å². The molecule has 1 N–H and O–H groups in total. The van der Waals surface area contributed by atoms with Gasteiger partial charge in [-0.05, 0) is 37.3 Å². The van der Waals surface area contributed by atoms with E-state index in [0.29, 0.717) is 49.1 Å². The lowest BCUT2D eigenvalue weighted by Gasteiger charge is -2.27. The number of carbonyl (C=O) groups is 2. The molecule has 0 unspecified atom stereocenters. The normalized spacial score (nSPS) is 14.9. The van der Waals surface area contributed by atoms with Crippen LogP contribution in [0.3, 0.4) is 0 Å². The molecule has 7 nitrogen and oxygen atoms in total. The lowest BCUT2D eigenvalue weighted by Crippen LogP contribution is -2.40. The molecule has 1 fully saturated rings. The van der Waals surface area contributed by atoms with E-state index in [1.165, 1.54) is 0 Å². The monoisotopic (exact) mass is 384 g/mol. The summed E-state index contributed by atoms with van der Waals surface area (Å²) in [5.41, 5.74) is 1.07. The molecule has 3 rings (SSSR count). The summed E-state index contributed by atoms with van der Waals surface area (Å²) >= 11 is 0. The molecule has 2 aromatic rings. The number of nitrogens with one attached hydrogen (secondary N) is 1. The molecule has 1 aliphatic rings. The molecule has 1 atom stereocenters. The number of hydrogen-bond donors (Lipinski definition) is 1. The maximum Gasteiger partial charge on any atom is 0.265 e. The fourth-order valence-electron chi connectivity index (χ4n) is 2.88. The highest BCUT2D eigenvalue weighted by Gasteiger charge is 2.20. The van der Waals surface area contributed by atoms with E-state index in [9.17, 15) is 9.59 Å². The molecule has 28 heavy (non-hydrogen) atoms. The molecule has 1 saturated heterocycles. The number of rotatable bonds is 6. The van der Waals surface area contributed by atoms with Crippen molar-refractivity contribution in [3.05, 3.63) is 54.1 Å². The molecular formula is C21H24N2O5. The van der Waals surface area contributed by atoms with E-state index in [2.05, 4.69) is 5.32 Å². The minimum Gasteiger partial charge on any atom is -0.493 e. The van der Waals surface area contributed by atoms with E-state index in [-0.39, 0.29) is 11.8 Å². The van der Waals surface area contributed by atoms with Crippen molar-refractivity contribution in [3.63, 3.8) is 0 Å². The first kappa shape index (κ1) is 19.7. The quantitative estimate of drug-likeness (QED) is 0.828. The van der Waals surface area contributed by atoms with E-state index < -0.39 is 6.10 Å². The predicted molar refractivity (Wildman–Crippen MR) is 105 cm³/mol. The third-order valence-electron chi connectivity index (χ3n) is 4.42. The lowest BCUT2D eigenvalue weighted by atomic mass is 10.1. The van der Waals surface area contributed by atoms with Gasteiger partial charge in [0.2, 0.25) is 0 Å². The Labute approximate surface area is 164 Å². The molecule has 0 spiro atoms. The summed E-state index contributed by atoms with van der Waals surface area (Å²) in [6.45, 7) is 3.88. The number of morpholine rings is 1. The fraction of sp³-hybridized carbons (Fsp3) is 0.333. The van der Waals surface area contributed by atoms with Crippen LogP contribution in [0.15, 0.2) is 48.5 Å². The molecule has 0 aliphatic carbocycles. The van der Waals surface area contributed by atoms with Gasteiger partial charge in [0.05, 0.1) is 20.3 Å². The molecule has 0 saturated carbocycles. The number of para-hydroxylation sites is 2. The third kappa shape index (κ3) is 4.80. The number of hydrogen-bond acceptors (Lipinski definition) is 5. The van der Waals surface area contributed by atoms with Gasteiger partial charge in [0, 0.05) is 24.3 Å². The average Bonchev–Trinajstić information content (AvgIpc) is 2.74. The van der Waals surface area contributed by atoms with E-state index in [0.717, 1.165) is 0 Å². The highest BCUT2D eigenvalue weighted by molar-refractivity contribution is 5.98. The van der Waals surface area contributed by atoms with Gasteiger partial charge in [-0.1, -0.05) is 18.2 Å². The van der Waals surface area contributed by atoms with Crippen molar-refractivity contribution in [2.75, 3.05) is 38.7 Å². The zero-order valence-corrected chi connectivity index (χ0v) is 16.0. The van der Waals surface area contributed by atoms with Crippen LogP contribution < -0.4 is 14.8 Å². The Hall–Kier alpha value is -3.06. The second-order valence-electron chi connectivity index (χ2n) is 6.39. The Balaban J connectivity index is 1.64. The van der Waals surface area contributed by atoms with Crippen LogP contribution in [0.1, 0.15) is 17.3 Å². The summed E-state index contributed by atoms with van der Waals surface area (Å²) in [5.74, 6) is 0.656. The Morgan fingerprint density at radius 3 is 2.50 bits per heavy atom. The Bertz CT molecular complexity index is 833. The van der Waals surface area contributed by atoms with Crippen molar-refractivity contribution in [3.8, 4) is 11.5 Å². The topological polar surface area (TPSA) is 77.1 Å². The first-order valence-electron chi connectivity index (χ1n) is 9.16. The molecule has 7 heteroatoms. The second kappa shape index (κ2) is 9.23. The number of amides is 2. The maximum absolute atomic E-state index is 12.6. The summed E-state index contributed by atoms with van der Waals surface area (Å²) in [6.07, 6.45) is -0.741. The number of benzene rings is 2. The van der Waals surface area contributed by atoms with Crippen LogP contribution in [0.4, 0.5) is 5.69 Å². The molecule has 1 aliphatic heterocycles. The number of ether oxygens (including phenoxy) is 3. The van der Waals surface area contributed by atoms with Crippen molar-refractivity contribution >= 4 is 17.5 Å². The summed E-state index contributed by atoms with van der Waals surface area (Å²) < 4.78 is 16.2. The van der Waals surface area contributed by atoms with E-state index in [4.69, 9.17) is 14.2 Å². The van der Waals surface area contributed by atoms with Gasteiger partial charge < -0.3 is 24.4 Å². The standard InChI is InChI=1S/C21H24N2O5/c1-15(28-19-9-4-3-8-18(19)26-2)20(24)22-17-7-5-6-16(14-17)21(25)23-10-12-27-13-11-23/h3-9,14-15H,10-13H2,1-2H3,(H,22,24)/t15-/m1/s1. The van der Waals surface area contributed by atoms with Crippen LogP contribution in [0, 0.1) is 0 Å². The van der Waals surface area contributed by atoms with Crippen LogP contribution in [0.2, 0.25) is 0 Å². The smallest absolute Gasteiger partial charge is 0.265 e. The van der Waals surface area contributed by atoms with Crippen molar-refractivity contribution in [2.24, 2.45) is 0 Å². The van der Waals surface area contributed by atoms with Gasteiger partial charge in [-0.25, -0.2) is 0 Å². The average molecular weight is 384 g/mol. The number of methoxy groups -OCH3 is 1. The summed E-state index contributed by atoms with van der Waals surface area (Å²) in [4.78, 5) is 26.9.